The normalized spacial score (nSPS) is 20.0. The maximum atomic E-state index is 12.9. The first-order valence-electron chi connectivity index (χ1n) is 7.29. The summed E-state index contributed by atoms with van der Waals surface area (Å²) < 4.78 is 53.0. The number of para-hydroxylation sites is 1. The van der Waals surface area contributed by atoms with Crippen LogP contribution in [-0.4, -0.2) is 25.6 Å². The third-order valence-corrected chi connectivity index (χ3v) is 5.31. The summed E-state index contributed by atoms with van der Waals surface area (Å²) in [5.74, 6) is -0.653. The van der Waals surface area contributed by atoms with Crippen molar-refractivity contribution in [2.45, 2.75) is 27.4 Å². The Hall–Kier alpha value is -1.56. The number of ketones is 1. The Kier molecular flexibility index (Phi) is 5.58. The highest BCUT2D eigenvalue weighted by molar-refractivity contribution is 7.60. The van der Waals surface area contributed by atoms with Gasteiger partial charge in [-0.3, -0.25) is 9.36 Å². The minimum Gasteiger partial charge on any atom is -0.434 e. The van der Waals surface area contributed by atoms with Crippen molar-refractivity contribution in [1.29, 1.82) is 0 Å². The van der Waals surface area contributed by atoms with E-state index in [2.05, 4.69) is 4.74 Å². The van der Waals surface area contributed by atoms with Crippen LogP contribution >= 0.6 is 7.60 Å². The molecule has 132 valence electrons. The molecule has 0 spiro atoms. The van der Waals surface area contributed by atoms with E-state index in [4.69, 9.17) is 9.05 Å². The molecule has 0 bridgehead atoms. The number of ether oxygens (including phenoxy) is 1. The quantitative estimate of drug-likeness (QED) is 0.572. The first-order valence-corrected chi connectivity index (χ1v) is 8.83. The number of carbonyl (C=O) groups excluding carboxylic acids is 1. The highest BCUT2D eigenvalue weighted by atomic mass is 31.2. The summed E-state index contributed by atoms with van der Waals surface area (Å²) in [6.45, 7) is 2.26. The minimum absolute atomic E-state index is 0.129. The smallest absolute Gasteiger partial charge is 0.387 e. The van der Waals surface area contributed by atoms with Gasteiger partial charge in [-0.1, -0.05) is 32.0 Å². The van der Waals surface area contributed by atoms with Crippen molar-refractivity contribution in [3.05, 3.63) is 35.1 Å². The summed E-state index contributed by atoms with van der Waals surface area (Å²) >= 11 is 0. The van der Waals surface area contributed by atoms with E-state index in [9.17, 15) is 18.1 Å². The molecule has 0 aromatic heterocycles. The lowest BCUT2D eigenvalue weighted by atomic mass is 9.97. The molecular formula is C16H19F2O5P. The van der Waals surface area contributed by atoms with Crippen LogP contribution < -0.4 is 4.74 Å². The van der Waals surface area contributed by atoms with E-state index in [0.29, 0.717) is 0 Å². The second kappa shape index (κ2) is 7.13. The molecule has 1 fully saturated rings. The molecule has 1 aliphatic rings. The van der Waals surface area contributed by atoms with Gasteiger partial charge >= 0.3 is 14.2 Å². The Morgan fingerprint density at radius 1 is 1.29 bits per heavy atom. The van der Waals surface area contributed by atoms with E-state index in [0.717, 1.165) is 0 Å². The van der Waals surface area contributed by atoms with Crippen LogP contribution in [0.1, 0.15) is 26.3 Å². The molecule has 0 atom stereocenters. The average Bonchev–Trinajstić information content (AvgIpc) is 2.49. The zero-order valence-electron chi connectivity index (χ0n) is 13.6. The molecule has 1 saturated heterocycles. The summed E-state index contributed by atoms with van der Waals surface area (Å²) in [4.78, 5) is 12.0. The molecular weight excluding hydrogens is 341 g/mol. The van der Waals surface area contributed by atoms with Crippen LogP contribution in [0.5, 0.6) is 5.75 Å². The predicted molar refractivity (Wildman–Crippen MR) is 85.0 cm³/mol. The Morgan fingerprint density at radius 2 is 1.88 bits per heavy atom. The van der Waals surface area contributed by atoms with Crippen LogP contribution in [0.15, 0.2) is 29.6 Å². The molecule has 0 radical (unpaired) electrons. The minimum atomic E-state index is -3.81. The monoisotopic (exact) mass is 360 g/mol. The van der Waals surface area contributed by atoms with Gasteiger partial charge in [-0.25, -0.2) is 0 Å². The zero-order chi connectivity index (χ0) is 18.0. The largest absolute Gasteiger partial charge is 0.434 e. The van der Waals surface area contributed by atoms with E-state index in [-0.39, 0.29) is 35.3 Å². The van der Waals surface area contributed by atoms with Crippen LogP contribution in [0.4, 0.5) is 8.78 Å². The number of allylic oxidation sites excluding steroid dienone is 1. The summed E-state index contributed by atoms with van der Waals surface area (Å²) in [6, 6.07) is 5.91. The lowest BCUT2D eigenvalue weighted by Crippen LogP contribution is -2.30. The number of benzene rings is 1. The van der Waals surface area contributed by atoms with Gasteiger partial charge in [0.25, 0.3) is 0 Å². The highest BCUT2D eigenvalue weighted by Crippen LogP contribution is 2.60. The molecule has 0 saturated carbocycles. The molecule has 1 aromatic carbocycles. The number of rotatable bonds is 5. The molecule has 0 N–H and O–H groups in total. The van der Waals surface area contributed by atoms with Gasteiger partial charge in [0.2, 0.25) is 0 Å². The summed E-state index contributed by atoms with van der Waals surface area (Å²) in [5.41, 5.74) is -0.137. The second-order valence-corrected chi connectivity index (χ2v) is 8.20. The van der Waals surface area contributed by atoms with E-state index < -0.39 is 20.0 Å². The second-order valence-electron chi connectivity index (χ2n) is 6.21. The maximum Gasteiger partial charge on any atom is 0.387 e. The number of Topliss-reactive ketones (excluding diaryl/α,β-unsaturated/α-hetero) is 1. The van der Waals surface area contributed by atoms with Gasteiger partial charge in [-0.15, -0.1) is 0 Å². The topological polar surface area (TPSA) is 61.8 Å². The van der Waals surface area contributed by atoms with Gasteiger partial charge < -0.3 is 13.8 Å². The zero-order valence-corrected chi connectivity index (χ0v) is 14.5. The SMILES string of the molecule is CC(=O)/C(=C\c1ccccc1OC(F)F)P1(=O)OCC(C)(C)CO1. The standard InChI is InChI=1S/C16H19F2O5P/c1-11(19)14(24(20)21-9-16(2,3)10-22-24)8-12-6-4-5-7-13(12)23-15(17)18/h4-8,15H,9-10H2,1-3H3/b14-8+. The third kappa shape index (κ3) is 4.50. The van der Waals surface area contributed by atoms with Crippen molar-refractivity contribution in [1.82, 2.24) is 0 Å². The van der Waals surface area contributed by atoms with Crippen LogP contribution in [0.25, 0.3) is 6.08 Å². The van der Waals surface area contributed by atoms with Crippen molar-refractivity contribution in [3.8, 4) is 5.75 Å². The van der Waals surface area contributed by atoms with E-state index in [1.807, 2.05) is 13.8 Å². The molecule has 1 heterocycles. The fourth-order valence-corrected chi connectivity index (χ4v) is 4.14. The number of carbonyl (C=O) groups is 1. The molecule has 0 unspecified atom stereocenters. The summed E-state index contributed by atoms with van der Waals surface area (Å²) in [5, 5.41) is -0.191. The number of halogens is 2. The predicted octanol–water partition coefficient (Wildman–Crippen LogP) is 4.48. The molecule has 2 rings (SSSR count). The fourth-order valence-electron chi connectivity index (χ4n) is 2.06. The first-order chi connectivity index (χ1) is 11.1. The Labute approximate surface area is 139 Å². The van der Waals surface area contributed by atoms with Gasteiger partial charge in [-0.2, -0.15) is 8.78 Å². The van der Waals surface area contributed by atoms with E-state index in [1.54, 1.807) is 6.07 Å². The maximum absolute atomic E-state index is 12.9. The van der Waals surface area contributed by atoms with Crippen LogP contribution in [0.2, 0.25) is 0 Å². The van der Waals surface area contributed by atoms with Crippen molar-refractivity contribution < 1.29 is 31.9 Å². The molecule has 5 nitrogen and oxygen atoms in total. The molecule has 0 amide bonds. The lowest BCUT2D eigenvalue weighted by molar-refractivity contribution is -0.113. The third-order valence-electron chi connectivity index (χ3n) is 3.33. The van der Waals surface area contributed by atoms with Crippen LogP contribution in [0.3, 0.4) is 0 Å². The number of hydrogen-bond acceptors (Lipinski definition) is 5. The van der Waals surface area contributed by atoms with Crippen molar-refractivity contribution in [2.24, 2.45) is 5.41 Å². The van der Waals surface area contributed by atoms with Gasteiger partial charge in [0.05, 0.1) is 13.2 Å². The highest BCUT2D eigenvalue weighted by Gasteiger charge is 2.41. The van der Waals surface area contributed by atoms with E-state index in [1.165, 1.54) is 31.2 Å². The number of alkyl halides is 2. The van der Waals surface area contributed by atoms with Crippen molar-refractivity contribution in [3.63, 3.8) is 0 Å². The van der Waals surface area contributed by atoms with Crippen LogP contribution in [0, 0.1) is 5.41 Å². The molecule has 8 heteroatoms. The Morgan fingerprint density at radius 3 is 2.42 bits per heavy atom. The first kappa shape index (κ1) is 18.8. The van der Waals surface area contributed by atoms with E-state index >= 15 is 0 Å². The summed E-state index contributed by atoms with van der Waals surface area (Å²) in [6.07, 6.45) is 1.22. The summed E-state index contributed by atoms with van der Waals surface area (Å²) in [7, 11) is -3.81. The van der Waals surface area contributed by atoms with Crippen molar-refractivity contribution in [2.75, 3.05) is 13.2 Å². The Bertz CT molecular complexity index is 685. The van der Waals surface area contributed by atoms with Crippen molar-refractivity contribution >= 4 is 19.5 Å². The molecule has 0 aliphatic carbocycles. The number of hydrogen-bond donors (Lipinski definition) is 0. The van der Waals surface area contributed by atoms with Gasteiger partial charge in [0.15, 0.2) is 5.78 Å². The van der Waals surface area contributed by atoms with Gasteiger partial charge in [0.1, 0.15) is 11.1 Å². The van der Waals surface area contributed by atoms with Gasteiger partial charge in [-0.05, 0) is 19.1 Å². The van der Waals surface area contributed by atoms with Crippen LogP contribution in [-0.2, 0) is 18.4 Å². The molecule has 24 heavy (non-hydrogen) atoms. The van der Waals surface area contributed by atoms with Gasteiger partial charge in [0, 0.05) is 11.0 Å². The Balaban J connectivity index is 2.40. The molecule has 1 aliphatic heterocycles. The molecule has 1 aromatic rings. The average molecular weight is 360 g/mol. The fraction of sp³-hybridized carbons (Fsp3) is 0.438. The lowest BCUT2D eigenvalue weighted by Gasteiger charge is -2.34.